The quantitative estimate of drug-likeness (QED) is 0.336. The van der Waals surface area contributed by atoms with E-state index in [-0.39, 0.29) is 24.2 Å². The predicted octanol–water partition coefficient (Wildman–Crippen LogP) is -2.53. The molecule has 0 aromatic heterocycles. The van der Waals surface area contributed by atoms with E-state index in [0.717, 1.165) is 6.42 Å². The Balaban J connectivity index is 2.55. The molecule has 1 aliphatic heterocycles. The third-order valence-electron chi connectivity index (χ3n) is 2.33. The molecule has 0 bridgehead atoms. The van der Waals surface area contributed by atoms with E-state index in [4.69, 9.17) is 5.73 Å². The highest BCUT2D eigenvalue weighted by Crippen LogP contribution is 2.05. The molecule has 0 saturated carbocycles. The van der Waals surface area contributed by atoms with E-state index in [0.29, 0.717) is 0 Å². The predicted molar refractivity (Wildman–Crippen MR) is 49.6 cm³/mol. The molecule has 3 atom stereocenters. The standard InChI is InChI=1S/C7H17N5O/c1-9-4-3-5(10-2)11-12-6(4)7(8)13/h4-6,9-12H,3H2,1-2H3,(H2,8,13). The lowest BCUT2D eigenvalue weighted by Crippen LogP contribution is -2.68. The maximum Gasteiger partial charge on any atom is 0.237 e. The SMILES string of the molecule is CNC1CC(NC)C(C(N)=O)NN1. The first-order valence-electron chi connectivity index (χ1n) is 4.34. The zero-order valence-electron chi connectivity index (χ0n) is 7.92. The van der Waals surface area contributed by atoms with Gasteiger partial charge in [0, 0.05) is 6.04 Å². The highest BCUT2D eigenvalue weighted by atomic mass is 16.1. The largest absolute Gasteiger partial charge is 0.368 e. The number of hydrazine groups is 1. The van der Waals surface area contributed by atoms with Crippen molar-refractivity contribution in [1.82, 2.24) is 21.5 Å². The van der Waals surface area contributed by atoms with E-state index >= 15 is 0 Å². The molecule has 3 unspecified atom stereocenters. The van der Waals surface area contributed by atoms with Crippen molar-refractivity contribution >= 4 is 5.91 Å². The van der Waals surface area contributed by atoms with Crippen LogP contribution < -0.4 is 27.2 Å². The van der Waals surface area contributed by atoms with Gasteiger partial charge in [-0.25, -0.2) is 10.9 Å². The van der Waals surface area contributed by atoms with Gasteiger partial charge in [-0.05, 0) is 20.5 Å². The molecule has 76 valence electrons. The van der Waals surface area contributed by atoms with Gasteiger partial charge in [0.1, 0.15) is 6.04 Å². The van der Waals surface area contributed by atoms with Gasteiger partial charge in [0.15, 0.2) is 0 Å². The van der Waals surface area contributed by atoms with Crippen LogP contribution >= 0.6 is 0 Å². The van der Waals surface area contributed by atoms with Gasteiger partial charge in [0.05, 0.1) is 6.17 Å². The molecule has 0 spiro atoms. The summed E-state index contributed by atoms with van der Waals surface area (Å²) in [7, 11) is 3.68. The number of nitrogens with one attached hydrogen (secondary N) is 4. The summed E-state index contributed by atoms with van der Waals surface area (Å²) in [6.07, 6.45) is 0.973. The molecule has 13 heavy (non-hydrogen) atoms. The van der Waals surface area contributed by atoms with Gasteiger partial charge in [0.2, 0.25) is 5.91 Å². The normalized spacial score (nSPS) is 34.5. The summed E-state index contributed by atoms with van der Waals surface area (Å²) in [5, 5.41) is 6.12. The topological polar surface area (TPSA) is 91.2 Å². The molecule has 6 N–H and O–H groups in total. The first-order chi connectivity index (χ1) is 6.19. The molecule has 1 aliphatic rings. The van der Waals surface area contributed by atoms with Crippen LogP contribution in [-0.4, -0.2) is 38.3 Å². The second-order valence-electron chi connectivity index (χ2n) is 3.14. The van der Waals surface area contributed by atoms with Crippen LogP contribution in [0.5, 0.6) is 0 Å². The minimum atomic E-state index is -0.352. The second kappa shape index (κ2) is 4.52. The summed E-state index contributed by atoms with van der Waals surface area (Å²) in [6, 6.07) is -0.286. The Bertz CT molecular complexity index is 186. The van der Waals surface area contributed by atoms with E-state index < -0.39 is 0 Å². The first-order valence-corrected chi connectivity index (χ1v) is 4.34. The zero-order chi connectivity index (χ0) is 9.84. The Hall–Kier alpha value is -0.690. The average Bonchev–Trinajstić information content (AvgIpc) is 2.16. The number of primary amides is 1. The minimum Gasteiger partial charge on any atom is -0.368 e. The van der Waals surface area contributed by atoms with Crippen molar-refractivity contribution in [2.75, 3.05) is 14.1 Å². The smallest absolute Gasteiger partial charge is 0.237 e. The zero-order valence-corrected chi connectivity index (χ0v) is 7.92. The number of carbonyl (C=O) groups excluding carboxylic acids is 1. The van der Waals surface area contributed by atoms with Gasteiger partial charge >= 0.3 is 0 Å². The van der Waals surface area contributed by atoms with Crippen molar-refractivity contribution in [2.45, 2.75) is 24.7 Å². The monoisotopic (exact) mass is 187 g/mol. The van der Waals surface area contributed by atoms with Crippen LogP contribution in [0.1, 0.15) is 6.42 Å². The fourth-order valence-electron chi connectivity index (χ4n) is 1.48. The third-order valence-corrected chi connectivity index (χ3v) is 2.33. The molecule has 1 fully saturated rings. The fraction of sp³-hybridized carbons (Fsp3) is 0.857. The average molecular weight is 187 g/mol. The Morgan fingerprint density at radius 1 is 1.38 bits per heavy atom. The summed E-state index contributed by atoms with van der Waals surface area (Å²) in [5.41, 5.74) is 11.1. The minimum absolute atomic E-state index is 0.0659. The van der Waals surface area contributed by atoms with E-state index in [9.17, 15) is 4.79 Å². The number of hydrogen-bond donors (Lipinski definition) is 5. The number of nitrogens with two attached hydrogens (primary N) is 1. The van der Waals surface area contributed by atoms with E-state index in [1.165, 1.54) is 0 Å². The first kappa shape index (κ1) is 10.4. The molecular weight excluding hydrogens is 170 g/mol. The van der Waals surface area contributed by atoms with Crippen LogP contribution in [0.15, 0.2) is 0 Å². The van der Waals surface area contributed by atoms with Crippen LogP contribution in [0.25, 0.3) is 0 Å². The number of hydrogen-bond acceptors (Lipinski definition) is 5. The van der Waals surface area contributed by atoms with E-state index in [1.54, 1.807) is 0 Å². The number of rotatable bonds is 3. The van der Waals surface area contributed by atoms with Gasteiger partial charge in [-0.2, -0.15) is 0 Å². The summed E-state index contributed by atoms with van der Waals surface area (Å²) in [4.78, 5) is 11.0. The molecule has 1 rings (SSSR count). The van der Waals surface area contributed by atoms with Gasteiger partial charge in [-0.3, -0.25) is 4.79 Å². The Labute approximate surface area is 77.6 Å². The molecular formula is C7H17N5O. The van der Waals surface area contributed by atoms with Crippen LogP contribution in [-0.2, 0) is 4.79 Å². The highest BCUT2D eigenvalue weighted by Gasteiger charge is 2.31. The molecule has 1 saturated heterocycles. The third kappa shape index (κ3) is 2.38. The lowest BCUT2D eigenvalue weighted by Gasteiger charge is -2.35. The molecule has 0 aromatic carbocycles. The summed E-state index contributed by atoms with van der Waals surface area (Å²) in [5.74, 6) is -0.346. The summed E-state index contributed by atoms with van der Waals surface area (Å²) in [6.45, 7) is 0. The van der Waals surface area contributed by atoms with Crippen molar-refractivity contribution < 1.29 is 4.79 Å². The van der Waals surface area contributed by atoms with Crippen molar-refractivity contribution in [1.29, 1.82) is 0 Å². The van der Waals surface area contributed by atoms with Gasteiger partial charge in [-0.15, -0.1) is 0 Å². The number of carbonyl (C=O) groups is 1. The van der Waals surface area contributed by atoms with Crippen molar-refractivity contribution in [3.63, 3.8) is 0 Å². The maximum atomic E-state index is 11.0. The number of likely N-dealkylation sites (N-methyl/N-ethyl adjacent to an activating group) is 1. The van der Waals surface area contributed by atoms with Gasteiger partial charge < -0.3 is 16.4 Å². The van der Waals surface area contributed by atoms with E-state index in [1.807, 2.05) is 14.1 Å². The van der Waals surface area contributed by atoms with Crippen molar-refractivity contribution in [3.8, 4) is 0 Å². The lowest BCUT2D eigenvalue weighted by molar-refractivity contribution is -0.121. The molecule has 0 aromatic rings. The van der Waals surface area contributed by atoms with Gasteiger partial charge in [0.25, 0.3) is 0 Å². The highest BCUT2D eigenvalue weighted by molar-refractivity contribution is 5.80. The van der Waals surface area contributed by atoms with Crippen molar-refractivity contribution in [2.24, 2.45) is 5.73 Å². The molecule has 1 amide bonds. The number of amides is 1. The van der Waals surface area contributed by atoms with Crippen molar-refractivity contribution in [3.05, 3.63) is 0 Å². The van der Waals surface area contributed by atoms with Crippen LogP contribution in [0, 0.1) is 0 Å². The Kier molecular flexibility index (Phi) is 3.61. The van der Waals surface area contributed by atoms with Crippen LogP contribution in [0.3, 0.4) is 0 Å². The molecule has 0 aliphatic carbocycles. The second-order valence-corrected chi connectivity index (χ2v) is 3.14. The van der Waals surface area contributed by atoms with E-state index in [2.05, 4.69) is 21.5 Å². The molecule has 6 nitrogen and oxygen atoms in total. The molecule has 6 heteroatoms. The molecule has 0 radical (unpaired) electrons. The van der Waals surface area contributed by atoms with Crippen LogP contribution in [0.4, 0.5) is 0 Å². The van der Waals surface area contributed by atoms with Crippen LogP contribution in [0.2, 0.25) is 0 Å². The summed E-state index contributed by atoms with van der Waals surface area (Å²) < 4.78 is 0. The lowest BCUT2D eigenvalue weighted by atomic mass is 10.0. The summed E-state index contributed by atoms with van der Waals surface area (Å²) >= 11 is 0. The fourth-order valence-corrected chi connectivity index (χ4v) is 1.48. The maximum absolute atomic E-state index is 11.0. The van der Waals surface area contributed by atoms with Gasteiger partial charge in [-0.1, -0.05) is 0 Å². The Morgan fingerprint density at radius 3 is 2.54 bits per heavy atom. The Morgan fingerprint density at radius 2 is 2.08 bits per heavy atom. The molecule has 1 heterocycles.